The molecule has 1 saturated heterocycles. The van der Waals surface area contributed by atoms with Crippen molar-refractivity contribution in [3.05, 3.63) is 42.5 Å². The fraction of sp³-hybridized carbons (Fsp3) is 0.381. The number of rotatable bonds is 3. The molecule has 0 aliphatic carbocycles. The Kier molecular flexibility index (Phi) is 8.33. The normalized spacial score (nSPS) is 13.2. The van der Waals surface area contributed by atoms with Crippen LogP contribution in [-0.4, -0.2) is 31.7 Å². The number of halogens is 3. The van der Waals surface area contributed by atoms with Gasteiger partial charge < -0.3 is 19.3 Å². The number of fused-ring (bicyclic) bond motifs is 1. The van der Waals surface area contributed by atoms with Gasteiger partial charge in [0.05, 0.1) is 12.5 Å². The van der Waals surface area contributed by atoms with Gasteiger partial charge >= 0.3 is 6.36 Å². The van der Waals surface area contributed by atoms with E-state index in [0.717, 1.165) is 11.1 Å². The lowest BCUT2D eigenvalue weighted by Gasteiger charge is -2.09. The molecule has 0 spiro atoms. The summed E-state index contributed by atoms with van der Waals surface area (Å²) < 4.78 is 50.4. The van der Waals surface area contributed by atoms with E-state index in [1.807, 2.05) is 13.8 Å². The van der Waals surface area contributed by atoms with Crippen LogP contribution in [0.25, 0.3) is 22.1 Å². The molecule has 2 aromatic carbocycles. The maximum Gasteiger partial charge on any atom is 0.573 e. The third kappa shape index (κ3) is 6.67. The topological polar surface area (TPSA) is 56.5 Å². The monoisotopic (exact) mass is 410 g/mol. The SMILES string of the molecule is C1CCNC1.CC.COc1noc2ccc(-c3ccc(OC(F)(F)F)cc3)cc12. The van der Waals surface area contributed by atoms with Gasteiger partial charge in [-0.2, -0.15) is 0 Å². The van der Waals surface area contributed by atoms with Crippen LogP contribution in [0.1, 0.15) is 26.7 Å². The summed E-state index contributed by atoms with van der Waals surface area (Å²) in [5, 5.41) is 7.67. The van der Waals surface area contributed by atoms with Crippen LogP contribution in [-0.2, 0) is 0 Å². The van der Waals surface area contributed by atoms with Gasteiger partial charge in [-0.25, -0.2) is 0 Å². The van der Waals surface area contributed by atoms with E-state index in [9.17, 15) is 13.2 Å². The predicted molar refractivity (Wildman–Crippen MR) is 106 cm³/mol. The summed E-state index contributed by atoms with van der Waals surface area (Å²) in [4.78, 5) is 0. The second-order valence-electron chi connectivity index (χ2n) is 5.93. The molecule has 29 heavy (non-hydrogen) atoms. The van der Waals surface area contributed by atoms with E-state index in [4.69, 9.17) is 9.26 Å². The third-order valence-corrected chi connectivity index (χ3v) is 4.01. The summed E-state index contributed by atoms with van der Waals surface area (Å²) >= 11 is 0. The Morgan fingerprint density at radius 3 is 2.10 bits per heavy atom. The van der Waals surface area contributed by atoms with Gasteiger partial charge in [-0.05, 0) is 66.5 Å². The highest BCUT2D eigenvalue weighted by Gasteiger charge is 2.30. The predicted octanol–water partition coefficient (Wildman–Crippen LogP) is 5.80. The van der Waals surface area contributed by atoms with Crippen LogP contribution in [0.4, 0.5) is 13.2 Å². The first kappa shape index (κ1) is 22.5. The number of ether oxygens (including phenoxy) is 2. The molecule has 0 saturated carbocycles. The molecule has 1 N–H and O–H groups in total. The molecule has 1 aliphatic rings. The number of benzene rings is 2. The van der Waals surface area contributed by atoms with Gasteiger partial charge in [0, 0.05) is 0 Å². The molecule has 1 aromatic heterocycles. The van der Waals surface area contributed by atoms with E-state index in [2.05, 4.69) is 15.2 Å². The summed E-state index contributed by atoms with van der Waals surface area (Å²) in [6, 6.07) is 10.9. The van der Waals surface area contributed by atoms with Crippen molar-refractivity contribution in [1.82, 2.24) is 10.5 Å². The smallest absolute Gasteiger partial charge is 0.478 e. The first-order valence-electron chi connectivity index (χ1n) is 9.46. The van der Waals surface area contributed by atoms with Crippen LogP contribution < -0.4 is 14.8 Å². The van der Waals surface area contributed by atoms with Gasteiger partial charge in [0.25, 0.3) is 5.88 Å². The van der Waals surface area contributed by atoms with E-state index in [-0.39, 0.29) is 5.75 Å². The lowest BCUT2D eigenvalue weighted by molar-refractivity contribution is -0.274. The highest BCUT2D eigenvalue weighted by molar-refractivity contribution is 5.87. The Morgan fingerprint density at radius 2 is 1.59 bits per heavy atom. The standard InChI is InChI=1S/C15H10F3NO3.C4H9N.C2H6/c1-20-14-12-8-10(4-7-13(12)22-19-14)9-2-5-11(6-3-9)21-15(16,17)18;1-2-4-5-3-1;1-2/h2-8H,1H3;5H,1-4H2;1-2H3. The van der Waals surface area contributed by atoms with Crippen molar-refractivity contribution in [1.29, 1.82) is 0 Å². The fourth-order valence-electron chi connectivity index (χ4n) is 2.72. The van der Waals surface area contributed by atoms with Crippen LogP contribution in [0.2, 0.25) is 0 Å². The van der Waals surface area contributed by atoms with Gasteiger partial charge in [-0.15, -0.1) is 13.2 Å². The second kappa shape index (κ2) is 10.7. The number of nitrogens with one attached hydrogen (secondary N) is 1. The average Bonchev–Trinajstić information content (AvgIpc) is 3.41. The first-order chi connectivity index (χ1) is 14.0. The Morgan fingerprint density at radius 1 is 0.966 bits per heavy atom. The van der Waals surface area contributed by atoms with Gasteiger partial charge in [0.15, 0.2) is 5.58 Å². The largest absolute Gasteiger partial charge is 0.573 e. The Bertz CT molecular complexity index is 865. The maximum absolute atomic E-state index is 12.1. The fourth-order valence-corrected chi connectivity index (χ4v) is 2.72. The summed E-state index contributed by atoms with van der Waals surface area (Å²) in [5.41, 5.74) is 2.10. The molecule has 158 valence electrons. The molecule has 0 amide bonds. The van der Waals surface area contributed by atoms with Gasteiger partial charge in [-0.1, -0.05) is 32.0 Å². The van der Waals surface area contributed by atoms with Crippen molar-refractivity contribution in [2.45, 2.75) is 33.1 Å². The lowest BCUT2D eigenvalue weighted by Crippen LogP contribution is -2.16. The molecule has 0 bridgehead atoms. The van der Waals surface area contributed by atoms with Crippen molar-refractivity contribution in [3.8, 4) is 22.8 Å². The van der Waals surface area contributed by atoms with E-state index < -0.39 is 6.36 Å². The van der Waals surface area contributed by atoms with Gasteiger partial charge in [0.2, 0.25) is 0 Å². The minimum atomic E-state index is -4.70. The summed E-state index contributed by atoms with van der Waals surface area (Å²) in [5.74, 6) is 0.0914. The molecule has 5 nitrogen and oxygen atoms in total. The molecule has 4 rings (SSSR count). The summed E-state index contributed by atoms with van der Waals surface area (Å²) in [6.45, 7) is 6.50. The minimum Gasteiger partial charge on any atom is -0.478 e. The van der Waals surface area contributed by atoms with Gasteiger partial charge in [0.1, 0.15) is 5.75 Å². The van der Waals surface area contributed by atoms with Gasteiger partial charge in [-0.3, -0.25) is 0 Å². The number of methoxy groups -OCH3 is 1. The number of nitrogens with zero attached hydrogens (tertiary/aromatic N) is 1. The molecule has 0 unspecified atom stereocenters. The lowest BCUT2D eigenvalue weighted by atomic mass is 10.0. The van der Waals surface area contributed by atoms with E-state index in [1.54, 1.807) is 30.3 Å². The van der Waals surface area contributed by atoms with E-state index in [0.29, 0.717) is 16.8 Å². The van der Waals surface area contributed by atoms with Crippen molar-refractivity contribution >= 4 is 11.0 Å². The van der Waals surface area contributed by atoms with E-state index in [1.165, 1.54) is 45.2 Å². The third-order valence-electron chi connectivity index (χ3n) is 4.01. The number of hydrogen-bond donors (Lipinski definition) is 1. The summed E-state index contributed by atoms with van der Waals surface area (Å²) in [7, 11) is 1.48. The van der Waals surface area contributed by atoms with Crippen LogP contribution in [0, 0.1) is 0 Å². The first-order valence-corrected chi connectivity index (χ1v) is 9.46. The maximum atomic E-state index is 12.1. The number of alkyl halides is 3. The molecule has 3 aromatic rings. The Hall–Kier alpha value is -2.74. The minimum absolute atomic E-state index is 0.264. The zero-order valence-electron chi connectivity index (χ0n) is 16.7. The molecular weight excluding hydrogens is 385 g/mol. The highest BCUT2D eigenvalue weighted by atomic mass is 19.4. The van der Waals surface area contributed by atoms with Crippen LogP contribution in [0.3, 0.4) is 0 Å². The summed E-state index contributed by atoms with van der Waals surface area (Å²) in [6.07, 6.45) is -1.92. The quantitative estimate of drug-likeness (QED) is 0.592. The van der Waals surface area contributed by atoms with Crippen molar-refractivity contribution in [3.63, 3.8) is 0 Å². The highest BCUT2D eigenvalue weighted by Crippen LogP contribution is 2.31. The Balaban J connectivity index is 0.000000367. The molecule has 0 radical (unpaired) electrons. The van der Waals surface area contributed by atoms with Crippen LogP contribution >= 0.6 is 0 Å². The average molecular weight is 410 g/mol. The second-order valence-corrected chi connectivity index (χ2v) is 5.93. The van der Waals surface area contributed by atoms with Crippen molar-refractivity contribution in [2.24, 2.45) is 0 Å². The Labute approximate surface area is 167 Å². The van der Waals surface area contributed by atoms with E-state index >= 15 is 0 Å². The zero-order chi connectivity index (χ0) is 21.3. The number of hydrogen-bond acceptors (Lipinski definition) is 5. The molecule has 1 aliphatic heterocycles. The molecule has 2 heterocycles. The molecule has 8 heteroatoms. The molecule has 1 fully saturated rings. The number of aromatic nitrogens is 1. The van der Waals surface area contributed by atoms with Crippen LogP contribution in [0.5, 0.6) is 11.6 Å². The van der Waals surface area contributed by atoms with Crippen molar-refractivity contribution < 1.29 is 27.2 Å². The zero-order valence-corrected chi connectivity index (χ0v) is 16.7. The molecular formula is C21H25F3N2O3. The van der Waals surface area contributed by atoms with Crippen molar-refractivity contribution in [2.75, 3.05) is 20.2 Å². The van der Waals surface area contributed by atoms with Crippen LogP contribution in [0.15, 0.2) is 47.0 Å². The molecule has 0 atom stereocenters.